The fourth-order valence-electron chi connectivity index (χ4n) is 2.54. The quantitative estimate of drug-likeness (QED) is 0.368. The minimum Gasteiger partial charge on any atom is -0.444 e. The molecule has 31 heavy (non-hydrogen) atoms. The van der Waals surface area contributed by atoms with Gasteiger partial charge in [0.1, 0.15) is 5.75 Å². The highest BCUT2D eigenvalue weighted by atomic mass is 79.9. The van der Waals surface area contributed by atoms with Gasteiger partial charge in [-0.1, -0.05) is 12.1 Å². The molecule has 0 bridgehead atoms. The SMILES string of the molecule is CCOC(=O)Oc1ccc(C(=O)NCc2ccc(NC(=O)c3ccc(Br)o3)cc2)cc1. The maximum absolute atomic E-state index is 12.3. The molecular weight excluding hydrogens is 468 g/mol. The summed E-state index contributed by atoms with van der Waals surface area (Å²) < 4.78 is 15.3. The third kappa shape index (κ3) is 6.45. The zero-order valence-corrected chi connectivity index (χ0v) is 18.1. The molecule has 2 aromatic carbocycles. The molecule has 0 atom stereocenters. The Morgan fingerprint density at radius 2 is 1.65 bits per heavy atom. The molecule has 0 aliphatic carbocycles. The lowest BCUT2D eigenvalue weighted by atomic mass is 10.1. The van der Waals surface area contributed by atoms with E-state index in [-0.39, 0.29) is 29.9 Å². The van der Waals surface area contributed by atoms with Crippen LogP contribution >= 0.6 is 15.9 Å². The predicted octanol–water partition coefficient (Wildman–Crippen LogP) is 4.76. The zero-order valence-electron chi connectivity index (χ0n) is 16.5. The summed E-state index contributed by atoms with van der Waals surface area (Å²) in [6, 6.07) is 16.4. The predicted molar refractivity (Wildman–Crippen MR) is 116 cm³/mol. The number of rotatable bonds is 7. The van der Waals surface area contributed by atoms with E-state index < -0.39 is 6.16 Å². The van der Waals surface area contributed by atoms with Gasteiger partial charge < -0.3 is 24.5 Å². The molecule has 0 spiro atoms. The molecule has 0 fully saturated rings. The third-order valence-electron chi connectivity index (χ3n) is 4.04. The van der Waals surface area contributed by atoms with Crippen molar-refractivity contribution >= 4 is 39.6 Å². The van der Waals surface area contributed by atoms with Crippen molar-refractivity contribution in [3.63, 3.8) is 0 Å². The van der Waals surface area contributed by atoms with Crippen LogP contribution in [-0.2, 0) is 11.3 Å². The van der Waals surface area contributed by atoms with Crippen molar-refractivity contribution in [2.24, 2.45) is 0 Å². The lowest BCUT2D eigenvalue weighted by molar-refractivity contribution is 0.0949. The van der Waals surface area contributed by atoms with Crippen LogP contribution in [0.4, 0.5) is 10.5 Å². The fraction of sp³-hybridized carbons (Fsp3) is 0.136. The van der Waals surface area contributed by atoms with Gasteiger partial charge in [0.2, 0.25) is 0 Å². The first kappa shape index (κ1) is 22.1. The summed E-state index contributed by atoms with van der Waals surface area (Å²) in [5, 5.41) is 5.54. The van der Waals surface area contributed by atoms with Gasteiger partial charge in [0.05, 0.1) is 6.61 Å². The van der Waals surface area contributed by atoms with Crippen LogP contribution in [0.1, 0.15) is 33.4 Å². The molecule has 0 saturated carbocycles. The highest BCUT2D eigenvalue weighted by Crippen LogP contribution is 2.17. The first-order valence-corrected chi connectivity index (χ1v) is 10.1. The van der Waals surface area contributed by atoms with E-state index in [0.717, 1.165) is 5.56 Å². The van der Waals surface area contributed by atoms with Crippen molar-refractivity contribution in [2.75, 3.05) is 11.9 Å². The van der Waals surface area contributed by atoms with Gasteiger partial charge in [-0.15, -0.1) is 0 Å². The van der Waals surface area contributed by atoms with Crippen molar-refractivity contribution < 1.29 is 28.3 Å². The Morgan fingerprint density at radius 1 is 0.935 bits per heavy atom. The van der Waals surface area contributed by atoms with Crippen LogP contribution in [-0.4, -0.2) is 24.6 Å². The Morgan fingerprint density at radius 3 is 2.26 bits per heavy atom. The fourth-order valence-corrected chi connectivity index (χ4v) is 2.84. The van der Waals surface area contributed by atoms with Gasteiger partial charge in [0, 0.05) is 17.8 Å². The van der Waals surface area contributed by atoms with Crippen molar-refractivity contribution in [3.8, 4) is 5.75 Å². The Bertz CT molecular complexity index is 1060. The number of furan rings is 1. The molecule has 1 heterocycles. The summed E-state index contributed by atoms with van der Waals surface area (Å²) in [6.45, 7) is 2.20. The standard InChI is InChI=1S/C22H19BrN2O6/c1-2-29-22(28)30-17-9-5-15(6-10-17)20(26)24-13-14-3-7-16(8-4-14)25-21(27)18-11-12-19(23)31-18/h3-12H,2,13H2,1H3,(H,24,26)(H,25,27). The van der Waals surface area contributed by atoms with Crippen molar-refractivity contribution in [3.05, 3.63) is 82.2 Å². The lowest BCUT2D eigenvalue weighted by Crippen LogP contribution is -2.22. The van der Waals surface area contributed by atoms with Crippen molar-refractivity contribution in [1.29, 1.82) is 0 Å². The largest absolute Gasteiger partial charge is 0.513 e. The molecule has 0 aliphatic rings. The van der Waals surface area contributed by atoms with Gasteiger partial charge in [-0.2, -0.15) is 0 Å². The van der Waals surface area contributed by atoms with E-state index >= 15 is 0 Å². The van der Waals surface area contributed by atoms with E-state index in [0.29, 0.717) is 22.5 Å². The van der Waals surface area contributed by atoms with Crippen LogP contribution in [0.15, 0.2) is 69.8 Å². The number of anilines is 1. The van der Waals surface area contributed by atoms with Gasteiger partial charge >= 0.3 is 6.16 Å². The zero-order chi connectivity index (χ0) is 22.2. The van der Waals surface area contributed by atoms with Gasteiger partial charge in [-0.25, -0.2) is 4.79 Å². The normalized spacial score (nSPS) is 10.3. The number of halogens is 1. The van der Waals surface area contributed by atoms with Crippen LogP contribution in [0.5, 0.6) is 5.75 Å². The van der Waals surface area contributed by atoms with E-state index in [9.17, 15) is 14.4 Å². The first-order chi connectivity index (χ1) is 14.9. The number of benzene rings is 2. The first-order valence-electron chi connectivity index (χ1n) is 9.33. The third-order valence-corrected chi connectivity index (χ3v) is 4.47. The molecule has 0 saturated heterocycles. The molecule has 0 unspecified atom stereocenters. The molecule has 2 amide bonds. The van der Waals surface area contributed by atoms with E-state index in [1.807, 2.05) is 0 Å². The van der Waals surface area contributed by atoms with Gasteiger partial charge in [0.25, 0.3) is 11.8 Å². The summed E-state index contributed by atoms with van der Waals surface area (Å²) in [4.78, 5) is 35.7. The minimum absolute atomic E-state index is 0.196. The monoisotopic (exact) mass is 486 g/mol. The van der Waals surface area contributed by atoms with E-state index in [1.54, 1.807) is 55.5 Å². The number of carbonyl (C=O) groups excluding carboxylic acids is 3. The average Bonchev–Trinajstić information content (AvgIpc) is 3.20. The minimum atomic E-state index is -0.795. The van der Waals surface area contributed by atoms with Gasteiger partial charge in [-0.05, 0) is 76.9 Å². The molecule has 0 aliphatic heterocycles. The second-order valence-corrected chi connectivity index (χ2v) is 7.03. The Hall–Kier alpha value is -3.59. The number of hydrogen-bond donors (Lipinski definition) is 2. The number of nitrogens with one attached hydrogen (secondary N) is 2. The molecule has 3 aromatic rings. The molecule has 9 heteroatoms. The van der Waals surface area contributed by atoms with Gasteiger partial charge in [-0.3, -0.25) is 9.59 Å². The Balaban J connectivity index is 1.49. The average molecular weight is 487 g/mol. The summed E-state index contributed by atoms with van der Waals surface area (Å²) in [5.41, 5.74) is 1.88. The molecular formula is C22H19BrN2O6. The number of hydrogen-bond acceptors (Lipinski definition) is 6. The number of ether oxygens (including phenoxy) is 2. The lowest BCUT2D eigenvalue weighted by Gasteiger charge is -2.08. The molecule has 160 valence electrons. The maximum Gasteiger partial charge on any atom is 0.513 e. The molecule has 8 nitrogen and oxygen atoms in total. The highest BCUT2D eigenvalue weighted by Gasteiger charge is 2.11. The summed E-state index contributed by atoms with van der Waals surface area (Å²) in [5.74, 6) is -0.151. The summed E-state index contributed by atoms with van der Waals surface area (Å²) in [7, 11) is 0. The summed E-state index contributed by atoms with van der Waals surface area (Å²) >= 11 is 3.15. The Labute approximate surface area is 186 Å². The van der Waals surface area contributed by atoms with E-state index in [2.05, 4.69) is 26.6 Å². The smallest absolute Gasteiger partial charge is 0.444 e. The topological polar surface area (TPSA) is 107 Å². The molecule has 2 N–H and O–H groups in total. The van der Waals surface area contributed by atoms with Gasteiger partial charge in [0.15, 0.2) is 10.4 Å². The van der Waals surface area contributed by atoms with E-state index in [1.165, 1.54) is 12.1 Å². The Kier molecular flexibility index (Phi) is 7.45. The van der Waals surface area contributed by atoms with Crippen molar-refractivity contribution in [1.82, 2.24) is 5.32 Å². The van der Waals surface area contributed by atoms with Crippen molar-refractivity contribution in [2.45, 2.75) is 13.5 Å². The van der Waals surface area contributed by atoms with Crippen LogP contribution < -0.4 is 15.4 Å². The molecule has 1 aromatic heterocycles. The van der Waals surface area contributed by atoms with Crippen LogP contribution in [0, 0.1) is 0 Å². The maximum atomic E-state index is 12.3. The number of carbonyl (C=O) groups is 3. The summed E-state index contributed by atoms with van der Waals surface area (Å²) in [6.07, 6.45) is -0.795. The van der Waals surface area contributed by atoms with Crippen LogP contribution in [0.25, 0.3) is 0 Å². The van der Waals surface area contributed by atoms with E-state index in [4.69, 9.17) is 13.9 Å². The molecule has 0 radical (unpaired) electrons. The van der Waals surface area contributed by atoms with Crippen LogP contribution in [0.2, 0.25) is 0 Å². The second kappa shape index (κ2) is 10.4. The number of amides is 2. The highest BCUT2D eigenvalue weighted by molar-refractivity contribution is 9.10. The van der Waals surface area contributed by atoms with Crippen LogP contribution in [0.3, 0.4) is 0 Å². The molecule has 3 rings (SSSR count). The second-order valence-electron chi connectivity index (χ2n) is 6.25.